The summed E-state index contributed by atoms with van der Waals surface area (Å²) in [5, 5.41) is 4.38. The summed E-state index contributed by atoms with van der Waals surface area (Å²) in [7, 11) is 0. The number of hydrogen-bond donors (Lipinski definition) is 2. The van der Waals surface area contributed by atoms with Crippen LogP contribution in [0.3, 0.4) is 0 Å². The highest BCUT2D eigenvalue weighted by Crippen LogP contribution is 2.39. The number of nitrogens with two attached hydrogens (primary N) is 1. The summed E-state index contributed by atoms with van der Waals surface area (Å²) in [6, 6.07) is 4.76. The summed E-state index contributed by atoms with van der Waals surface area (Å²) >= 11 is 0. The first kappa shape index (κ1) is 19.2. The standard InChI is InChI=1S/C24H30N6/c1-13(2)21-22(18-11-30-24(26-12-27-30)15(4)14(18)3)29-20-10-9-19(28-23(20)21)16-5-7-17(25)8-6-16/h9-13,16-17,29H,5-8,25H2,1-4H3. The number of aromatic amines is 1. The minimum absolute atomic E-state index is 0.349. The molecule has 1 fully saturated rings. The summed E-state index contributed by atoms with van der Waals surface area (Å²) in [4.78, 5) is 13.3. The molecule has 1 aliphatic carbocycles. The van der Waals surface area contributed by atoms with E-state index in [9.17, 15) is 0 Å². The Morgan fingerprint density at radius 1 is 1.10 bits per heavy atom. The molecule has 0 spiro atoms. The van der Waals surface area contributed by atoms with Crippen molar-refractivity contribution in [1.82, 2.24) is 24.6 Å². The third kappa shape index (κ3) is 3.01. The van der Waals surface area contributed by atoms with Gasteiger partial charge in [-0.15, -0.1) is 0 Å². The zero-order valence-corrected chi connectivity index (χ0v) is 18.2. The van der Waals surface area contributed by atoms with Gasteiger partial charge in [-0.2, -0.15) is 5.10 Å². The largest absolute Gasteiger partial charge is 0.353 e. The number of aromatic nitrogens is 5. The van der Waals surface area contributed by atoms with Crippen LogP contribution in [0.25, 0.3) is 27.9 Å². The van der Waals surface area contributed by atoms with Crippen LogP contribution in [0.1, 0.15) is 73.8 Å². The van der Waals surface area contributed by atoms with Gasteiger partial charge in [0, 0.05) is 35.0 Å². The zero-order chi connectivity index (χ0) is 21.0. The number of fused-ring (bicyclic) bond motifs is 2. The van der Waals surface area contributed by atoms with Crippen molar-refractivity contribution in [2.24, 2.45) is 5.73 Å². The number of aryl methyl sites for hydroxylation is 1. The van der Waals surface area contributed by atoms with E-state index >= 15 is 0 Å². The van der Waals surface area contributed by atoms with E-state index in [4.69, 9.17) is 10.7 Å². The van der Waals surface area contributed by atoms with Gasteiger partial charge in [0.05, 0.1) is 16.7 Å². The van der Waals surface area contributed by atoms with Crippen molar-refractivity contribution >= 4 is 16.7 Å². The van der Waals surface area contributed by atoms with Crippen LogP contribution in [0.2, 0.25) is 0 Å². The number of hydrogen-bond acceptors (Lipinski definition) is 4. The fourth-order valence-corrected chi connectivity index (χ4v) is 4.97. The molecule has 1 saturated carbocycles. The van der Waals surface area contributed by atoms with Crippen molar-refractivity contribution in [3.8, 4) is 11.3 Å². The predicted octanol–water partition coefficient (Wildman–Crippen LogP) is 5.00. The Kier molecular flexibility index (Phi) is 4.62. The molecule has 0 amide bonds. The van der Waals surface area contributed by atoms with E-state index in [2.05, 4.69) is 61.1 Å². The SMILES string of the molecule is Cc1c(-c2[nH]c3ccc(C4CCC(N)CC4)nc3c2C(C)C)cn2ncnc2c1C. The number of nitrogens with one attached hydrogen (secondary N) is 1. The van der Waals surface area contributed by atoms with Crippen LogP contribution in [0, 0.1) is 13.8 Å². The van der Waals surface area contributed by atoms with Crippen molar-refractivity contribution in [2.75, 3.05) is 0 Å². The molecule has 0 atom stereocenters. The van der Waals surface area contributed by atoms with Gasteiger partial charge in [0.15, 0.2) is 5.65 Å². The second-order valence-corrected chi connectivity index (χ2v) is 9.13. The molecule has 0 unspecified atom stereocenters. The monoisotopic (exact) mass is 402 g/mol. The zero-order valence-electron chi connectivity index (χ0n) is 18.2. The quantitative estimate of drug-likeness (QED) is 0.505. The maximum Gasteiger partial charge on any atom is 0.158 e. The van der Waals surface area contributed by atoms with Gasteiger partial charge in [-0.25, -0.2) is 9.50 Å². The van der Waals surface area contributed by atoms with Crippen LogP contribution in [0.5, 0.6) is 0 Å². The van der Waals surface area contributed by atoms with Crippen molar-refractivity contribution < 1.29 is 0 Å². The first-order valence-electron chi connectivity index (χ1n) is 11.0. The maximum absolute atomic E-state index is 6.12. The summed E-state index contributed by atoms with van der Waals surface area (Å²) in [5.74, 6) is 0.866. The van der Waals surface area contributed by atoms with Gasteiger partial charge < -0.3 is 10.7 Å². The summed E-state index contributed by atoms with van der Waals surface area (Å²) in [5.41, 5.74) is 16.4. The first-order valence-corrected chi connectivity index (χ1v) is 11.0. The van der Waals surface area contributed by atoms with Crippen molar-refractivity contribution in [1.29, 1.82) is 0 Å². The Morgan fingerprint density at radius 3 is 2.60 bits per heavy atom. The third-order valence-corrected chi connectivity index (χ3v) is 6.86. The molecule has 30 heavy (non-hydrogen) atoms. The van der Waals surface area contributed by atoms with Gasteiger partial charge in [0.1, 0.15) is 6.33 Å². The van der Waals surface area contributed by atoms with E-state index < -0.39 is 0 Å². The van der Waals surface area contributed by atoms with Crippen LogP contribution in [0.15, 0.2) is 24.7 Å². The molecule has 0 bridgehead atoms. The van der Waals surface area contributed by atoms with Crippen LogP contribution in [-0.2, 0) is 0 Å². The minimum Gasteiger partial charge on any atom is -0.353 e. The molecule has 5 rings (SSSR count). The van der Waals surface area contributed by atoms with E-state index in [1.54, 1.807) is 6.33 Å². The summed E-state index contributed by atoms with van der Waals surface area (Å²) < 4.78 is 1.87. The van der Waals surface area contributed by atoms with Crippen LogP contribution >= 0.6 is 0 Å². The molecule has 156 valence electrons. The average Bonchev–Trinajstić information content (AvgIpc) is 3.35. The Hall–Kier alpha value is -2.73. The molecule has 6 nitrogen and oxygen atoms in total. The minimum atomic E-state index is 0.349. The van der Waals surface area contributed by atoms with E-state index in [1.807, 2.05) is 4.52 Å². The normalized spacial score (nSPS) is 19.9. The number of H-pyrrole nitrogens is 1. The third-order valence-electron chi connectivity index (χ3n) is 6.86. The number of rotatable bonds is 3. The smallest absolute Gasteiger partial charge is 0.158 e. The molecular formula is C24H30N6. The van der Waals surface area contributed by atoms with Gasteiger partial charge in [0.25, 0.3) is 0 Å². The van der Waals surface area contributed by atoms with Gasteiger partial charge in [-0.05, 0) is 68.7 Å². The maximum atomic E-state index is 6.12. The highest BCUT2D eigenvalue weighted by Gasteiger charge is 2.24. The molecule has 4 aromatic heterocycles. The first-order chi connectivity index (χ1) is 14.4. The number of pyridine rings is 2. The fourth-order valence-electron chi connectivity index (χ4n) is 4.97. The molecule has 0 radical (unpaired) electrons. The average molecular weight is 403 g/mol. The highest BCUT2D eigenvalue weighted by atomic mass is 15.3. The molecule has 6 heteroatoms. The molecular weight excluding hydrogens is 372 g/mol. The van der Waals surface area contributed by atoms with E-state index in [1.165, 1.54) is 16.8 Å². The van der Waals surface area contributed by atoms with Gasteiger partial charge in [-0.3, -0.25) is 4.98 Å². The van der Waals surface area contributed by atoms with E-state index in [-0.39, 0.29) is 0 Å². The Labute approximate surface area is 176 Å². The van der Waals surface area contributed by atoms with Crippen LogP contribution in [0.4, 0.5) is 0 Å². The van der Waals surface area contributed by atoms with Crippen LogP contribution < -0.4 is 5.73 Å². The molecule has 0 aliphatic heterocycles. The molecule has 4 heterocycles. The lowest BCUT2D eigenvalue weighted by atomic mass is 9.84. The lowest BCUT2D eigenvalue weighted by Crippen LogP contribution is -2.26. The van der Waals surface area contributed by atoms with E-state index in [0.29, 0.717) is 17.9 Å². The van der Waals surface area contributed by atoms with Gasteiger partial charge in [0.2, 0.25) is 0 Å². The molecule has 3 N–H and O–H groups in total. The van der Waals surface area contributed by atoms with Crippen LogP contribution in [-0.4, -0.2) is 30.6 Å². The molecule has 4 aromatic rings. The lowest BCUT2D eigenvalue weighted by molar-refractivity contribution is 0.391. The number of nitrogens with zero attached hydrogens (tertiary/aromatic N) is 4. The van der Waals surface area contributed by atoms with Crippen molar-refractivity contribution in [2.45, 2.75) is 71.3 Å². The van der Waals surface area contributed by atoms with Gasteiger partial charge in [-0.1, -0.05) is 13.8 Å². The summed E-state index contributed by atoms with van der Waals surface area (Å²) in [6.45, 7) is 8.77. The Bertz CT molecular complexity index is 1220. The molecule has 1 aliphatic rings. The Morgan fingerprint density at radius 2 is 1.87 bits per heavy atom. The van der Waals surface area contributed by atoms with E-state index in [0.717, 1.165) is 59.2 Å². The molecule has 0 aromatic carbocycles. The second-order valence-electron chi connectivity index (χ2n) is 9.13. The Balaban J connectivity index is 1.68. The second kappa shape index (κ2) is 7.20. The predicted molar refractivity (Wildman–Crippen MR) is 121 cm³/mol. The summed E-state index contributed by atoms with van der Waals surface area (Å²) in [6.07, 6.45) is 8.16. The fraction of sp³-hybridized carbons (Fsp3) is 0.458. The topological polar surface area (TPSA) is 84.9 Å². The van der Waals surface area contributed by atoms with Crippen molar-refractivity contribution in [3.63, 3.8) is 0 Å². The van der Waals surface area contributed by atoms with Crippen molar-refractivity contribution in [3.05, 3.63) is 47.0 Å². The lowest BCUT2D eigenvalue weighted by Gasteiger charge is -2.25. The molecule has 0 saturated heterocycles. The highest BCUT2D eigenvalue weighted by molar-refractivity contribution is 5.89. The van der Waals surface area contributed by atoms with Gasteiger partial charge >= 0.3 is 0 Å².